The largest absolute Gasteiger partial charge is 0.396 e. The molecule has 5 nitrogen and oxygen atoms in total. The van der Waals surface area contributed by atoms with Crippen LogP contribution in [0.15, 0.2) is 18.2 Å². The summed E-state index contributed by atoms with van der Waals surface area (Å²) in [6, 6.07) is 3.81. The van der Waals surface area contributed by atoms with E-state index in [1.54, 1.807) is 0 Å². The van der Waals surface area contributed by atoms with Gasteiger partial charge in [-0.25, -0.2) is 4.39 Å². The maximum absolute atomic E-state index is 13.0. The molecule has 0 aliphatic rings. The van der Waals surface area contributed by atoms with Crippen molar-refractivity contribution in [2.75, 3.05) is 11.1 Å². The molecular weight excluding hydrogens is 267 g/mol. The standard InChI is InChI=1S/C12H13FN4OS/c1-6(2)11-16-17-12(19-11)15-10(18)7-3-4-8(13)9(14)5-7/h3-6H,14H2,1-2H3,(H,15,17,18). The number of nitrogens with one attached hydrogen (secondary N) is 1. The highest BCUT2D eigenvalue weighted by atomic mass is 32.1. The van der Waals surface area contributed by atoms with Gasteiger partial charge in [-0.1, -0.05) is 25.2 Å². The number of aromatic nitrogens is 2. The van der Waals surface area contributed by atoms with Crippen LogP contribution in [0, 0.1) is 5.82 Å². The van der Waals surface area contributed by atoms with E-state index >= 15 is 0 Å². The SMILES string of the molecule is CC(C)c1nnc(NC(=O)c2ccc(F)c(N)c2)s1. The lowest BCUT2D eigenvalue weighted by Gasteiger charge is -2.03. The molecule has 1 amide bonds. The molecule has 1 heterocycles. The molecule has 0 saturated carbocycles. The maximum Gasteiger partial charge on any atom is 0.257 e. The molecule has 1 aromatic carbocycles. The Balaban J connectivity index is 2.13. The summed E-state index contributed by atoms with van der Waals surface area (Å²) >= 11 is 1.31. The molecule has 0 bridgehead atoms. The number of carbonyl (C=O) groups excluding carboxylic acids is 1. The lowest BCUT2D eigenvalue weighted by atomic mass is 10.2. The van der Waals surface area contributed by atoms with Crippen molar-refractivity contribution in [1.82, 2.24) is 10.2 Å². The zero-order valence-electron chi connectivity index (χ0n) is 10.5. The Hall–Kier alpha value is -2.02. The summed E-state index contributed by atoms with van der Waals surface area (Å²) in [4.78, 5) is 11.9. The lowest BCUT2D eigenvalue weighted by Crippen LogP contribution is -2.12. The third-order valence-corrected chi connectivity index (χ3v) is 3.55. The monoisotopic (exact) mass is 280 g/mol. The summed E-state index contributed by atoms with van der Waals surface area (Å²) in [6.07, 6.45) is 0. The molecule has 0 saturated heterocycles. The van der Waals surface area contributed by atoms with Crippen LogP contribution in [0.25, 0.3) is 0 Å². The van der Waals surface area contributed by atoms with Crippen LogP contribution in [-0.2, 0) is 0 Å². The van der Waals surface area contributed by atoms with Crippen molar-refractivity contribution in [3.8, 4) is 0 Å². The van der Waals surface area contributed by atoms with Gasteiger partial charge >= 0.3 is 0 Å². The Morgan fingerprint density at radius 2 is 2.16 bits per heavy atom. The highest BCUT2D eigenvalue weighted by molar-refractivity contribution is 7.15. The van der Waals surface area contributed by atoms with Crippen molar-refractivity contribution in [1.29, 1.82) is 0 Å². The second-order valence-electron chi connectivity index (χ2n) is 4.29. The van der Waals surface area contributed by atoms with Crippen LogP contribution in [0.4, 0.5) is 15.2 Å². The molecule has 0 spiro atoms. The van der Waals surface area contributed by atoms with Crippen molar-refractivity contribution >= 4 is 28.1 Å². The van der Waals surface area contributed by atoms with Gasteiger partial charge in [0.1, 0.15) is 10.8 Å². The average Bonchev–Trinajstić information content (AvgIpc) is 2.81. The van der Waals surface area contributed by atoms with E-state index in [0.717, 1.165) is 11.1 Å². The Kier molecular flexibility index (Phi) is 3.75. The Labute approximate surface area is 113 Å². The Morgan fingerprint density at radius 3 is 2.74 bits per heavy atom. The van der Waals surface area contributed by atoms with E-state index in [9.17, 15) is 9.18 Å². The first kappa shape index (κ1) is 13.4. The molecule has 19 heavy (non-hydrogen) atoms. The zero-order chi connectivity index (χ0) is 14.0. The predicted octanol–water partition coefficient (Wildman–Crippen LogP) is 2.64. The summed E-state index contributed by atoms with van der Waals surface area (Å²) < 4.78 is 13.0. The molecule has 0 unspecified atom stereocenters. The average molecular weight is 280 g/mol. The number of benzene rings is 1. The van der Waals surface area contributed by atoms with Gasteiger partial charge in [0.2, 0.25) is 5.13 Å². The number of rotatable bonds is 3. The van der Waals surface area contributed by atoms with Gasteiger partial charge < -0.3 is 5.73 Å². The quantitative estimate of drug-likeness (QED) is 0.847. The highest BCUT2D eigenvalue weighted by Crippen LogP contribution is 2.23. The summed E-state index contributed by atoms with van der Waals surface area (Å²) in [5, 5.41) is 11.7. The number of nitrogen functional groups attached to an aromatic ring is 1. The van der Waals surface area contributed by atoms with Gasteiger partial charge in [-0.2, -0.15) is 0 Å². The van der Waals surface area contributed by atoms with E-state index in [4.69, 9.17) is 5.73 Å². The Morgan fingerprint density at radius 1 is 1.42 bits per heavy atom. The van der Waals surface area contributed by atoms with E-state index in [1.807, 2.05) is 13.8 Å². The summed E-state index contributed by atoms with van der Waals surface area (Å²) in [5.74, 6) is -0.683. The third kappa shape index (κ3) is 3.05. The van der Waals surface area contributed by atoms with Gasteiger partial charge in [0, 0.05) is 11.5 Å². The van der Waals surface area contributed by atoms with Crippen LogP contribution >= 0.6 is 11.3 Å². The zero-order valence-corrected chi connectivity index (χ0v) is 11.3. The summed E-state index contributed by atoms with van der Waals surface area (Å²) in [6.45, 7) is 3.99. The predicted molar refractivity (Wildman–Crippen MR) is 72.8 cm³/mol. The van der Waals surface area contributed by atoms with Gasteiger partial charge in [0.25, 0.3) is 5.91 Å². The number of nitrogens with two attached hydrogens (primary N) is 1. The summed E-state index contributed by atoms with van der Waals surface area (Å²) in [5.41, 5.74) is 5.63. The molecule has 0 fully saturated rings. The van der Waals surface area contributed by atoms with E-state index < -0.39 is 11.7 Å². The third-order valence-electron chi connectivity index (χ3n) is 2.41. The highest BCUT2D eigenvalue weighted by Gasteiger charge is 2.12. The van der Waals surface area contributed by atoms with Crippen LogP contribution in [0.2, 0.25) is 0 Å². The van der Waals surface area contributed by atoms with Crippen LogP contribution in [0.5, 0.6) is 0 Å². The number of hydrogen-bond donors (Lipinski definition) is 2. The molecular formula is C12H13FN4OS. The van der Waals surface area contributed by atoms with E-state index in [1.165, 1.54) is 23.5 Å². The van der Waals surface area contributed by atoms with Crippen molar-refractivity contribution in [2.45, 2.75) is 19.8 Å². The molecule has 0 aliphatic carbocycles. The summed E-state index contributed by atoms with van der Waals surface area (Å²) in [7, 11) is 0. The fourth-order valence-corrected chi connectivity index (χ4v) is 2.11. The number of anilines is 2. The molecule has 3 N–H and O–H groups in total. The first-order valence-corrected chi connectivity index (χ1v) is 6.49. The van der Waals surface area contributed by atoms with Crippen molar-refractivity contribution in [3.05, 3.63) is 34.6 Å². The van der Waals surface area contributed by atoms with E-state index in [0.29, 0.717) is 5.13 Å². The number of hydrogen-bond acceptors (Lipinski definition) is 5. The van der Waals surface area contributed by atoms with Crippen LogP contribution in [0.1, 0.15) is 35.1 Å². The van der Waals surface area contributed by atoms with E-state index in [-0.39, 0.29) is 17.2 Å². The molecule has 2 rings (SSSR count). The maximum atomic E-state index is 13.0. The fourth-order valence-electron chi connectivity index (χ4n) is 1.37. The first-order chi connectivity index (χ1) is 8.97. The second kappa shape index (κ2) is 5.31. The van der Waals surface area contributed by atoms with E-state index in [2.05, 4.69) is 15.5 Å². The minimum absolute atomic E-state index is 0.0622. The van der Waals surface area contributed by atoms with Crippen molar-refractivity contribution < 1.29 is 9.18 Å². The number of amides is 1. The molecule has 2 aromatic rings. The normalized spacial score (nSPS) is 10.7. The molecule has 100 valence electrons. The number of halogens is 1. The van der Waals surface area contributed by atoms with Gasteiger partial charge in [0.05, 0.1) is 5.69 Å². The first-order valence-electron chi connectivity index (χ1n) is 5.67. The molecule has 7 heteroatoms. The van der Waals surface area contributed by atoms with Gasteiger partial charge in [-0.3, -0.25) is 10.1 Å². The van der Waals surface area contributed by atoms with Gasteiger partial charge in [-0.15, -0.1) is 10.2 Å². The lowest BCUT2D eigenvalue weighted by molar-refractivity contribution is 0.102. The number of nitrogens with zero attached hydrogens (tertiary/aromatic N) is 2. The topological polar surface area (TPSA) is 80.9 Å². The molecule has 0 radical (unpaired) electrons. The van der Waals surface area contributed by atoms with Crippen LogP contribution in [-0.4, -0.2) is 16.1 Å². The van der Waals surface area contributed by atoms with Gasteiger partial charge in [0.15, 0.2) is 0 Å². The van der Waals surface area contributed by atoms with Crippen LogP contribution in [0.3, 0.4) is 0 Å². The molecule has 0 atom stereocenters. The van der Waals surface area contributed by atoms with Crippen molar-refractivity contribution in [3.63, 3.8) is 0 Å². The molecule has 1 aromatic heterocycles. The van der Waals surface area contributed by atoms with Crippen LogP contribution < -0.4 is 11.1 Å². The molecule has 0 aliphatic heterocycles. The fraction of sp³-hybridized carbons (Fsp3) is 0.250. The van der Waals surface area contributed by atoms with Gasteiger partial charge in [-0.05, 0) is 18.2 Å². The smallest absolute Gasteiger partial charge is 0.257 e. The second-order valence-corrected chi connectivity index (χ2v) is 5.30. The minimum atomic E-state index is -0.547. The number of carbonyl (C=O) groups is 1. The minimum Gasteiger partial charge on any atom is -0.396 e. The van der Waals surface area contributed by atoms with Crippen molar-refractivity contribution in [2.24, 2.45) is 0 Å². The Bertz CT molecular complexity index is 612.